The van der Waals surface area contributed by atoms with Crippen LogP contribution in [0, 0.1) is 0 Å². The Kier molecular flexibility index (Phi) is 6.30. The Balaban J connectivity index is 1.60. The van der Waals surface area contributed by atoms with E-state index in [0.29, 0.717) is 22.3 Å². The molecule has 8 nitrogen and oxygen atoms in total. The number of nitrogens with one attached hydrogen (secondary N) is 1. The van der Waals surface area contributed by atoms with Crippen molar-refractivity contribution in [3.63, 3.8) is 0 Å². The van der Waals surface area contributed by atoms with Crippen molar-refractivity contribution >= 4 is 28.3 Å². The summed E-state index contributed by atoms with van der Waals surface area (Å²) in [5.41, 5.74) is 1.62. The van der Waals surface area contributed by atoms with E-state index in [9.17, 15) is 14.7 Å². The summed E-state index contributed by atoms with van der Waals surface area (Å²) in [6, 6.07) is 10.9. The van der Waals surface area contributed by atoms with E-state index >= 15 is 0 Å². The molecule has 9 heteroatoms. The van der Waals surface area contributed by atoms with Crippen molar-refractivity contribution in [2.45, 2.75) is 0 Å². The van der Waals surface area contributed by atoms with Crippen LogP contribution in [0.5, 0.6) is 17.2 Å². The Morgan fingerprint density at radius 3 is 2.55 bits per heavy atom. The van der Waals surface area contributed by atoms with Crippen molar-refractivity contribution < 1.29 is 28.9 Å². The van der Waals surface area contributed by atoms with Gasteiger partial charge in [-0.1, -0.05) is 0 Å². The Bertz CT molecular complexity index is 1020. The molecule has 0 spiro atoms. The average molecular weight is 414 g/mol. The number of carbonyl (C=O) groups is 2. The number of methoxy groups -OCH3 is 2. The minimum Gasteiger partial charge on any atom is -0.508 e. The van der Waals surface area contributed by atoms with E-state index in [4.69, 9.17) is 14.2 Å². The smallest absolute Gasteiger partial charge is 0.338 e. The molecule has 3 rings (SSSR count). The fourth-order valence-electron chi connectivity index (χ4n) is 2.43. The molecule has 0 aliphatic rings. The first-order valence-corrected chi connectivity index (χ1v) is 9.32. The summed E-state index contributed by atoms with van der Waals surface area (Å²) < 4.78 is 15.5. The van der Waals surface area contributed by atoms with Crippen LogP contribution in [0.15, 0.2) is 47.8 Å². The SMILES string of the molecule is COc1ccc(-c2csc(NC(=O)COC(=O)c3ccc(O)cc3)n2)c(OC)c1. The maximum Gasteiger partial charge on any atom is 0.338 e. The highest BCUT2D eigenvalue weighted by molar-refractivity contribution is 7.14. The molecule has 1 amide bonds. The molecule has 29 heavy (non-hydrogen) atoms. The fourth-order valence-corrected chi connectivity index (χ4v) is 3.16. The summed E-state index contributed by atoms with van der Waals surface area (Å²) in [6.45, 7) is -0.458. The van der Waals surface area contributed by atoms with Gasteiger partial charge in [0.05, 0.1) is 25.5 Å². The second-order valence-electron chi connectivity index (χ2n) is 5.78. The first-order valence-electron chi connectivity index (χ1n) is 8.44. The van der Waals surface area contributed by atoms with E-state index in [1.807, 2.05) is 6.07 Å². The molecule has 1 aromatic heterocycles. The summed E-state index contributed by atoms with van der Waals surface area (Å²) >= 11 is 1.24. The molecular weight excluding hydrogens is 396 g/mol. The fraction of sp³-hybridized carbons (Fsp3) is 0.150. The number of anilines is 1. The van der Waals surface area contributed by atoms with E-state index in [1.165, 1.54) is 35.6 Å². The zero-order valence-electron chi connectivity index (χ0n) is 15.7. The first-order chi connectivity index (χ1) is 14.0. The maximum atomic E-state index is 12.1. The lowest BCUT2D eigenvalue weighted by Gasteiger charge is -2.08. The van der Waals surface area contributed by atoms with Crippen molar-refractivity contribution in [1.29, 1.82) is 0 Å². The van der Waals surface area contributed by atoms with Crippen LogP contribution in [0.1, 0.15) is 10.4 Å². The molecule has 1 heterocycles. The Morgan fingerprint density at radius 2 is 1.86 bits per heavy atom. The molecule has 0 atom stereocenters. The molecule has 2 aromatic carbocycles. The molecular formula is C20H18N2O6S. The predicted molar refractivity (Wildman–Crippen MR) is 108 cm³/mol. The van der Waals surface area contributed by atoms with Crippen molar-refractivity contribution in [2.75, 3.05) is 26.1 Å². The lowest BCUT2D eigenvalue weighted by molar-refractivity contribution is -0.119. The normalized spacial score (nSPS) is 10.3. The van der Waals surface area contributed by atoms with Gasteiger partial charge in [0.15, 0.2) is 11.7 Å². The van der Waals surface area contributed by atoms with E-state index in [1.54, 1.807) is 31.7 Å². The number of amides is 1. The number of phenolic OH excluding ortho intramolecular Hbond substituents is 1. The minimum absolute atomic E-state index is 0.0346. The van der Waals surface area contributed by atoms with E-state index < -0.39 is 18.5 Å². The third kappa shape index (κ3) is 5.02. The van der Waals surface area contributed by atoms with Gasteiger partial charge in [-0.3, -0.25) is 10.1 Å². The molecule has 0 bridgehead atoms. The van der Waals surface area contributed by atoms with E-state index in [2.05, 4.69) is 10.3 Å². The highest BCUT2D eigenvalue weighted by Crippen LogP contribution is 2.34. The lowest BCUT2D eigenvalue weighted by Crippen LogP contribution is -2.20. The molecule has 0 unspecified atom stereocenters. The van der Waals surface area contributed by atoms with Gasteiger partial charge in [-0.2, -0.15) is 0 Å². The third-order valence-corrected chi connectivity index (χ3v) is 4.63. The number of rotatable bonds is 7. The van der Waals surface area contributed by atoms with Gasteiger partial charge in [-0.25, -0.2) is 9.78 Å². The number of nitrogens with zero attached hydrogens (tertiary/aromatic N) is 1. The van der Waals surface area contributed by atoms with Gasteiger partial charge >= 0.3 is 5.97 Å². The summed E-state index contributed by atoms with van der Waals surface area (Å²) in [5.74, 6) is 0.107. The monoisotopic (exact) mass is 414 g/mol. The number of benzene rings is 2. The Labute approximate surface area is 170 Å². The quantitative estimate of drug-likeness (QED) is 0.571. The molecule has 150 valence electrons. The van der Waals surface area contributed by atoms with Gasteiger partial charge in [0.1, 0.15) is 17.2 Å². The Hall–Kier alpha value is -3.59. The van der Waals surface area contributed by atoms with Gasteiger partial charge in [-0.15, -0.1) is 11.3 Å². The molecule has 0 fully saturated rings. The zero-order chi connectivity index (χ0) is 20.8. The molecule has 0 radical (unpaired) electrons. The van der Waals surface area contributed by atoms with Gasteiger partial charge in [-0.05, 0) is 36.4 Å². The molecule has 3 aromatic rings. The van der Waals surface area contributed by atoms with Gasteiger partial charge in [0.2, 0.25) is 0 Å². The maximum absolute atomic E-state index is 12.1. The minimum atomic E-state index is -0.664. The van der Waals surface area contributed by atoms with Crippen molar-refractivity contribution in [3.05, 3.63) is 53.4 Å². The zero-order valence-corrected chi connectivity index (χ0v) is 16.5. The topological polar surface area (TPSA) is 107 Å². The number of hydrogen-bond donors (Lipinski definition) is 2. The van der Waals surface area contributed by atoms with Crippen molar-refractivity contribution in [3.8, 4) is 28.5 Å². The van der Waals surface area contributed by atoms with Crippen LogP contribution < -0.4 is 14.8 Å². The molecule has 0 saturated carbocycles. The summed E-state index contributed by atoms with van der Waals surface area (Å²) in [6.07, 6.45) is 0. The molecule has 0 saturated heterocycles. The first kappa shape index (κ1) is 20.2. The molecule has 0 aliphatic carbocycles. The number of carbonyl (C=O) groups excluding carboxylic acids is 2. The third-order valence-electron chi connectivity index (χ3n) is 3.87. The van der Waals surface area contributed by atoms with Gasteiger partial charge in [0, 0.05) is 17.0 Å². The predicted octanol–water partition coefficient (Wildman–Crippen LogP) is 3.33. The van der Waals surface area contributed by atoms with Crippen LogP contribution in [0.4, 0.5) is 5.13 Å². The summed E-state index contributed by atoms with van der Waals surface area (Å²) in [4.78, 5) is 28.3. The number of phenols is 1. The van der Waals surface area contributed by atoms with E-state index in [-0.39, 0.29) is 11.3 Å². The second kappa shape index (κ2) is 9.07. The second-order valence-corrected chi connectivity index (χ2v) is 6.63. The van der Waals surface area contributed by atoms with Crippen LogP contribution in [0.3, 0.4) is 0 Å². The van der Waals surface area contributed by atoms with Crippen molar-refractivity contribution in [2.24, 2.45) is 0 Å². The Morgan fingerprint density at radius 1 is 1.10 bits per heavy atom. The highest BCUT2D eigenvalue weighted by Gasteiger charge is 2.14. The highest BCUT2D eigenvalue weighted by atomic mass is 32.1. The van der Waals surface area contributed by atoms with Crippen LogP contribution in [0.25, 0.3) is 11.3 Å². The van der Waals surface area contributed by atoms with Crippen LogP contribution in [0.2, 0.25) is 0 Å². The van der Waals surface area contributed by atoms with Crippen LogP contribution in [-0.4, -0.2) is 42.8 Å². The van der Waals surface area contributed by atoms with Crippen LogP contribution in [-0.2, 0) is 9.53 Å². The van der Waals surface area contributed by atoms with E-state index in [0.717, 1.165) is 5.56 Å². The van der Waals surface area contributed by atoms with Crippen molar-refractivity contribution in [1.82, 2.24) is 4.98 Å². The number of hydrogen-bond acceptors (Lipinski definition) is 8. The number of aromatic nitrogens is 1. The summed E-state index contributed by atoms with van der Waals surface area (Å²) in [7, 11) is 3.12. The van der Waals surface area contributed by atoms with Gasteiger partial charge < -0.3 is 19.3 Å². The molecule has 2 N–H and O–H groups in total. The molecule has 0 aliphatic heterocycles. The number of esters is 1. The average Bonchev–Trinajstić information content (AvgIpc) is 3.20. The summed E-state index contributed by atoms with van der Waals surface area (Å²) in [5, 5.41) is 14.0. The lowest BCUT2D eigenvalue weighted by atomic mass is 10.1. The largest absolute Gasteiger partial charge is 0.508 e. The number of thiazole rings is 1. The number of aromatic hydroxyl groups is 1. The van der Waals surface area contributed by atoms with Gasteiger partial charge in [0.25, 0.3) is 5.91 Å². The number of ether oxygens (including phenoxy) is 3. The van der Waals surface area contributed by atoms with Crippen LogP contribution >= 0.6 is 11.3 Å². The standard InChI is InChI=1S/C20H18N2O6S/c1-26-14-7-8-15(17(9-14)27-2)16-11-29-20(21-16)22-18(24)10-28-19(25)12-3-5-13(23)6-4-12/h3-9,11,23H,10H2,1-2H3,(H,21,22,24).